The first-order chi connectivity index (χ1) is 9.49. The fourth-order valence-electron chi connectivity index (χ4n) is 1.57. The van der Waals surface area contributed by atoms with Crippen molar-refractivity contribution < 1.29 is 18.3 Å². The maximum Gasteiger partial charge on any atom is 0.207 e. The zero-order valence-corrected chi connectivity index (χ0v) is 11.4. The molecule has 8 nitrogen and oxygen atoms in total. The van der Waals surface area contributed by atoms with Crippen LogP contribution in [0.3, 0.4) is 0 Å². The number of hydrogen-bond acceptors (Lipinski definition) is 7. The number of pyridine rings is 1. The Hall–Kier alpha value is -2.13. The van der Waals surface area contributed by atoms with E-state index in [1.165, 1.54) is 36.4 Å². The van der Waals surface area contributed by atoms with Gasteiger partial charge in [-0.05, 0) is 12.1 Å². The Kier molecular flexibility index (Phi) is 3.91. The predicted octanol–water partition coefficient (Wildman–Crippen LogP) is -0.369. The van der Waals surface area contributed by atoms with Crippen molar-refractivity contribution in [3.8, 4) is 5.82 Å². The Labute approximate surface area is 115 Å². The van der Waals surface area contributed by atoms with Crippen LogP contribution in [0.15, 0.2) is 29.7 Å². The minimum absolute atomic E-state index is 0.164. The van der Waals surface area contributed by atoms with E-state index < -0.39 is 22.2 Å². The van der Waals surface area contributed by atoms with Crippen LogP contribution in [-0.2, 0) is 9.84 Å². The first-order valence-electron chi connectivity index (χ1n) is 5.72. The molecule has 2 heterocycles. The standard InChI is InChI=1S/C11H12N4O4S/c1-2-20(18,19)9-3-4-10(15-7-12-6-13-15)14-11(9)8(17)5-16/h3-4,6-7,16H,2,5H2,1H3. The molecule has 0 saturated carbocycles. The highest BCUT2D eigenvalue weighted by Gasteiger charge is 2.23. The van der Waals surface area contributed by atoms with Crippen LogP contribution in [0.2, 0.25) is 0 Å². The number of aliphatic hydroxyl groups is 1. The zero-order valence-electron chi connectivity index (χ0n) is 10.6. The van der Waals surface area contributed by atoms with Crippen molar-refractivity contribution in [2.24, 2.45) is 0 Å². The van der Waals surface area contributed by atoms with E-state index in [2.05, 4.69) is 15.1 Å². The van der Waals surface area contributed by atoms with Gasteiger partial charge in [0.2, 0.25) is 5.78 Å². The third-order valence-electron chi connectivity index (χ3n) is 2.62. The normalized spacial score (nSPS) is 11.5. The molecule has 0 aliphatic rings. The van der Waals surface area contributed by atoms with Gasteiger partial charge in [-0.3, -0.25) is 4.79 Å². The van der Waals surface area contributed by atoms with E-state index in [9.17, 15) is 13.2 Å². The van der Waals surface area contributed by atoms with E-state index in [0.717, 1.165) is 0 Å². The fraction of sp³-hybridized carbons (Fsp3) is 0.273. The molecule has 0 aliphatic heterocycles. The van der Waals surface area contributed by atoms with Crippen molar-refractivity contribution in [1.29, 1.82) is 0 Å². The summed E-state index contributed by atoms with van der Waals surface area (Å²) in [5.74, 6) is -0.684. The molecule has 2 aromatic rings. The summed E-state index contributed by atoms with van der Waals surface area (Å²) in [5.41, 5.74) is -0.289. The van der Waals surface area contributed by atoms with Crippen LogP contribution in [0, 0.1) is 0 Å². The molecule has 9 heteroatoms. The molecule has 0 fully saturated rings. The molecule has 0 spiro atoms. The minimum Gasteiger partial charge on any atom is -0.388 e. The van der Waals surface area contributed by atoms with Gasteiger partial charge >= 0.3 is 0 Å². The third kappa shape index (κ3) is 2.58. The summed E-state index contributed by atoms with van der Waals surface area (Å²) in [6.45, 7) is 0.647. The van der Waals surface area contributed by atoms with Crippen LogP contribution in [0.25, 0.3) is 5.82 Å². The second-order valence-electron chi connectivity index (χ2n) is 3.84. The second kappa shape index (κ2) is 5.47. The Bertz CT molecular complexity index is 725. The first-order valence-corrected chi connectivity index (χ1v) is 7.37. The smallest absolute Gasteiger partial charge is 0.207 e. The van der Waals surface area contributed by atoms with Crippen molar-refractivity contribution in [1.82, 2.24) is 19.7 Å². The number of hydrogen-bond donors (Lipinski definition) is 1. The van der Waals surface area contributed by atoms with E-state index >= 15 is 0 Å². The van der Waals surface area contributed by atoms with Crippen LogP contribution in [-0.4, -0.2) is 51.4 Å². The fourth-order valence-corrected chi connectivity index (χ4v) is 2.61. The van der Waals surface area contributed by atoms with Crippen LogP contribution in [0.5, 0.6) is 0 Å². The lowest BCUT2D eigenvalue weighted by Gasteiger charge is -2.08. The van der Waals surface area contributed by atoms with Crippen molar-refractivity contribution >= 4 is 15.6 Å². The second-order valence-corrected chi connectivity index (χ2v) is 6.09. The Morgan fingerprint density at radius 3 is 2.70 bits per heavy atom. The number of rotatable bonds is 5. The molecular formula is C11H12N4O4S. The molecule has 0 atom stereocenters. The maximum absolute atomic E-state index is 11.9. The van der Waals surface area contributed by atoms with E-state index in [1.807, 2.05) is 0 Å². The predicted molar refractivity (Wildman–Crippen MR) is 68.3 cm³/mol. The molecule has 0 amide bonds. The molecule has 2 rings (SSSR count). The minimum atomic E-state index is -3.61. The van der Waals surface area contributed by atoms with Crippen LogP contribution in [0.4, 0.5) is 0 Å². The quantitative estimate of drug-likeness (QED) is 0.748. The third-order valence-corrected chi connectivity index (χ3v) is 4.38. The summed E-state index contributed by atoms with van der Waals surface area (Å²) in [7, 11) is -3.61. The highest BCUT2D eigenvalue weighted by molar-refractivity contribution is 7.91. The van der Waals surface area contributed by atoms with Crippen molar-refractivity contribution in [3.63, 3.8) is 0 Å². The summed E-state index contributed by atoms with van der Waals surface area (Å²) in [5, 5.41) is 12.8. The number of sulfone groups is 1. The average Bonchev–Trinajstić information content (AvgIpc) is 3.00. The summed E-state index contributed by atoms with van der Waals surface area (Å²) in [6, 6.07) is 2.71. The van der Waals surface area contributed by atoms with Crippen LogP contribution >= 0.6 is 0 Å². The summed E-state index contributed by atoms with van der Waals surface area (Å²) < 4.78 is 25.2. The molecular weight excluding hydrogens is 284 g/mol. The Balaban J connectivity index is 2.63. The summed E-state index contributed by atoms with van der Waals surface area (Å²) in [6.07, 6.45) is 2.65. The number of nitrogens with zero attached hydrogens (tertiary/aromatic N) is 4. The number of Topliss-reactive ketones (excluding diaryl/α,β-unsaturated/α-hetero) is 1. The molecule has 0 aliphatic carbocycles. The number of aromatic nitrogens is 4. The van der Waals surface area contributed by atoms with Gasteiger partial charge in [-0.15, -0.1) is 0 Å². The number of carbonyl (C=O) groups is 1. The molecule has 0 radical (unpaired) electrons. The van der Waals surface area contributed by atoms with Gasteiger partial charge in [0, 0.05) is 0 Å². The van der Waals surface area contributed by atoms with Crippen molar-refractivity contribution in [3.05, 3.63) is 30.5 Å². The lowest BCUT2D eigenvalue weighted by atomic mass is 10.2. The lowest BCUT2D eigenvalue weighted by Crippen LogP contribution is -2.17. The molecule has 1 N–H and O–H groups in total. The number of ketones is 1. The summed E-state index contributed by atoms with van der Waals surface area (Å²) in [4.78, 5) is 19.2. The van der Waals surface area contributed by atoms with Gasteiger partial charge in [0.25, 0.3) is 0 Å². The zero-order chi connectivity index (χ0) is 14.8. The van der Waals surface area contributed by atoms with Crippen LogP contribution in [0.1, 0.15) is 17.4 Å². The summed E-state index contributed by atoms with van der Waals surface area (Å²) >= 11 is 0. The number of carbonyl (C=O) groups excluding carboxylic acids is 1. The van der Waals surface area contributed by atoms with E-state index in [1.54, 1.807) is 0 Å². The largest absolute Gasteiger partial charge is 0.388 e. The SMILES string of the molecule is CCS(=O)(=O)c1ccc(-n2cncn2)nc1C(=O)CO. The monoisotopic (exact) mass is 296 g/mol. The van der Waals surface area contributed by atoms with Crippen molar-refractivity contribution in [2.45, 2.75) is 11.8 Å². The van der Waals surface area contributed by atoms with Gasteiger partial charge in [0.15, 0.2) is 15.7 Å². The van der Waals surface area contributed by atoms with Gasteiger partial charge in [-0.25, -0.2) is 23.1 Å². The Morgan fingerprint density at radius 2 is 2.15 bits per heavy atom. The van der Waals surface area contributed by atoms with Gasteiger partial charge in [-0.2, -0.15) is 5.10 Å². The first kappa shape index (κ1) is 14.3. The molecule has 0 saturated heterocycles. The highest BCUT2D eigenvalue weighted by atomic mass is 32.2. The van der Waals surface area contributed by atoms with Gasteiger partial charge in [0.1, 0.15) is 25.0 Å². The lowest BCUT2D eigenvalue weighted by molar-refractivity contribution is 0.0895. The molecule has 0 aromatic carbocycles. The topological polar surface area (TPSA) is 115 Å². The van der Waals surface area contributed by atoms with Crippen molar-refractivity contribution in [2.75, 3.05) is 12.4 Å². The van der Waals surface area contributed by atoms with Crippen LogP contribution < -0.4 is 0 Å². The van der Waals surface area contributed by atoms with E-state index in [0.29, 0.717) is 0 Å². The van der Waals surface area contributed by atoms with Gasteiger partial charge in [0.05, 0.1) is 10.6 Å². The highest BCUT2D eigenvalue weighted by Crippen LogP contribution is 2.18. The molecule has 0 unspecified atom stereocenters. The van der Waals surface area contributed by atoms with Gasteiger partial charge in [-0.1, -0.05) is 6.92 Å². The number of aliphatic hydroxyl groups excluding tert-OH is 1. The Morgan fingerprint density at radius 1 is 1.40 bits per heavy atom. The van der Waals surface area contributed by atoms with E-state index in [4.69, 9.17) is 5.11 Å². The van der Waals surface area contributed by atoms with Gasteiger partial charge < -0.3 is 5.11 Å². The van der Waals surface area contributed by atoms with E-state index in [-0.39, 0.29) is 22.2 Å². The maximum atomic E-state index is 11.9. The molecule has 0 bridgehead atoms. The average molecular weight is 296 g/mol. The molecule has 20 heavy (non-hydrogen) atoms. The molecule has 106 valence electrons. The molecule has 2 aromatic heterocycles.